The van der Waals surface area contributed by atoms with Crippen molar-refractivity contribution in [3.8, 4) is 0 Å². The Bertz CT molecular complexity index is 748. The number of carbonyl (C=O) groups excluding carboxylic acids is 1. The first-order valence-electron chi connectivity index (χ1n) is 8.89. The van der Waals surface area contributed by atoms with Gasteiger partial charge in [-0.05, 0) is 49.9 Å². The second-order valence-electron chi connectivity index (χ2n) is 6.37. The topological polar surface area (TPSA) is 59.0 Å². The van der Waals surface area contributed by atoms with E-state index in [0.717, 1.165) is 43.6 Å². The smallest absolute Gasteiger partial charge is 0.245 e. The molecule has 25 heavy (non-hydrogen) atoms. The Morgan fingerprint density at radius 1 is 1.16 bits per heavy atom. The van der Waals surface area contributed by atoms with Crippen molar-refractivity contribution < 1.29 is 9.18 Å². The quantitative estimate of drug-likeness (QED) is 0.781. The van der Waals surface area contributed by atoms with Crippen LogP contribution in [-0.4, -0.2) is 34.1 Å². The first kappa shape index (κ1) is 17.5. The van der Waals surface area contributed by atoms with Crippen LogP contribution >= 0.6 is 0 Å². The van der Waals surface area contributed by atoms with Crippen LogP contribution in [0.3, 0.4) is 0 Å². The molecule has 1 unspecified atom stereocenters. The Morgan fingerprint density at radius 2 is 1.88 bits per heavy atom. The van der Waals surface area contributed by atoms with Crippen molar-refractivity contribution >= 4 is 11.7 Å². The van der Waals surface area contributed by atoms with Crippen molar-refractivity contribution in [3.05, 3.63) is 47.0 Å². The first-order chi connectivity index (χ1) is 12.1. The van der Waals surface area contributed by atoms with Crippen LogP contribution in [0.5, 0.6) is 0 Å². The summed E-state index contributed by atoms with van der Waals surface area (Å²) in [4.78, 5) is 19.4. The molecule has 0 saturated carbocycles. The van der Waals surface area contributed by atoms with E-state index in [1.54, 1.807) is 12.1 Å². The monoisotopic (exact) mass is 342 g/mol. The van der Waals surface area contributed by atoms with Crippen molar-refractivity contribution in [3.63, 3.8) is 0 Å². The summed E-state index contributed by atoms with van der Waals surface area (Å²) in [5.74, 6) is 0.201. The fourth-order valence-corrected chi connectivity index (χ4v) is 3.28. The van der Waals surface area contributed by atoms with Gasteiger partial charge in [0.05, 0.1) is 11.4 Å². The highest BCUT2D eigenvalue weighted by molar-refractivity contribution is 5.98. The van der Waals surface area contributed by atoms with Gasteiger partial charge in [-0.25, -0.2) is 9.37 Å². The van der Waals surface area contributed by atoms with Crippen LogP contribution in [0.1, 0.15) is 48.4 Å². The molecule has 0 spiro atoms. The predicted molar refractivity (Wildman–Crippen MR) is 94.3 cm³/mol. The van der Waals surface area contributed by atoms with Crippen LogP contribution in [0, 0.1) is 11.7 Å². The van der Waals surface area contributed by atoms with E-state index < -0.39 is 0 Å². The van der Waals surface area contributed by atoms with Gasteiger partial charge in [-0.2, -0.15) is 5.10 Å². The molecule has 0 radical (unpaired) electrons. The van der Waals surface area contributed by atoms with Gasteiger partial charge in [0, 0.05) is 24.6 Å². The number of rotatable bonds is 5. The van der Waals surface area contributed by atoms with E-state index in [4.69, 9.17) is 0 Å². The minimum atomic E-state index is -0.329. The lowest BCUT2D eigenvalue weighted by Gasteiger charge is -2.32. The normalized spacial score (nSPS) is 17.6. The van der Waals surface area contributed by atoms with Gasteiger partial charge in [-0.3, -0.25) is 4.79 Å². The molecule has 1 atom stereocenters. The van der Waals surface area contributed by atoms with Crippen LogP contribution in [0.2, 0.25) is 0 Å². The largest absolute Gasteiger partial charge is 0.339 e. The van der Waals surface area contributed by atoms with Gasteiger partial charge in [0.1, 0.15) is 5.82 Å². The van der Waals surface area contributed by atoms with Crippen LogP contribution < -0.4 is 4.90 Å². The highest BCUT2D eigenvalue weighted by Gasteiger charge is 2.28. The number of hydrogen-bond donors (Lipinski definition) is 0. The number of nitrogens with zero attached hydrogens (tertiary/aromatic N) is 4. The summed E-state index contributed by atoms with van der Waals surface area (Å²) < 4.78 is 13.1. The number of piperidine rings is 1. The van der Waals surface area contributed by atoms with Crippen molar-refractivity contribution in [1.29, 1.82) is 0 Å². The summed E-state index contributed by atoms with van der Waals surface area (Å²) in [6.45, 7) is 5.50. The molecule has 1 aromatic heterocycles. The van der Waals surface area contributed by atoms with Gasteiger partial charge in [-0.1, -0.05) is 13.8 Å². The molecule has 3 rings (SSSR count). The van der Waals surface area contributed by atoms with Crippen molar-refractivity contribution in [2.45, 2.75) is 39.5 Å². The predicted octanol–water partition coefficient (Wildman–Crippen LogP) is 3.23. The number of halogens is 1. The van der Waals surface area contributed by atoms with Gasteiger partial charge in [0.2, 0.25) is 5.95 Å². The Hall–Kier alpha value is -2.37. The number of aromatic nitrogens is 3. The van der Waals surface area contributed by atoms with Crippen LogP contribution in [0.25, 0.3) is 0 Å². The summed E-state index contributed by atoms with van der Waals surface area (Å²) in [5.41, 5.74) is 2.46. The zero-order chi connectivity index (χ0) is 17.8. The Morgan fingerprint density at radius 3 is 2.56 bits per heavy atom. The third-order valence-corrected chi connectivity index (χ3v) is 4.70. The lowest BCUT2D eigenvalue weighted by Crippen LogP contribution is -2.40. The molecule has 1 aliphatic rings. The van der Waals surface area contributed by atoms with Gasteiger partial charge in [-0.15, -0.1) is 5.10 Å². The molecule has 1 aliphatic heterocycles. The molecule has 1 aromatic carbocycles. The van der Waals surface area contributed by atoms with Crippen molar-refractivity contribution in [2.24, 2.45) is 5.92 Å². The fourth-order valence-electron chi connectivity index (χ4n) is 3.28. The molecule has 1 fully saturated rings. The van der Waals surface area contributed by atoms with Crippen LogP contribution in [0.4, 0.5) is 10.3 Å². The lowest BCUT2D eigenvalue weighted by atomic mass is 9.90. The minimum Gasteiger partial charge on any atom is -0.339 e. The Kier molecular flexibility index (Phi) is 5.36. The van der Waals surface area contributed by atoms with E-state index in [-0.39, 0.29) is 17.5 Å². The number of hydrogen-bond acceptors (Lipinski definition) is 5. The standard InChI is InChI=1S/C19H23FN4O/c1-3-16-17(4-2)22-23-19(21-16)24-11-5-6-14(12-24)18(25)13-7-9-15(20)10-8-13/h7-10,14H,3-6,11-12H2,1-2H3. The average molecular weight is 342 g/mol. The van der Waals surface area contributed by atoms with Gasteiger partial charge in [0.25, 0.3) is 0 Å². The highest BCUT2D eigenvalue weighted by Crippen LogP contribution is 2.24. The second kappa shape index (κ2) is 7.68. The average Bonchev–Trinajstić information content (AvgIpc) is 2.67. The molecular weight excluding hydrogens is 319 g/mol. The molecule has 6 heteroatoms. The third kappa shape index (κ3) is 3.83. The summed E-state index contributed by atoms with van der Waals surface area (Å²) in [5, 5.41) is 8.56. The number of Topliss-reactive ketones (excluding diaryl/α,β-unsaturated/α-hetero) is 1. The van der Waals surface area contributed by atoms with Gasteiger partial charge in [0.15, 0.2) is 5.78 Å². The van der Waals surface area contributed by atoms with Crippen LogP contribution in [0.15, 0.2) is 24.3 Å². The summed E-state index contributed by atoms with van der Waals surface area (Å²) in [6, 6.07) is 5.77. The van der Waals surface area contributed by atoms with Crippen LogP contribution in [-0.2, 0) is 12.8 Å². The molecule has 5 nitrogen and oxygen atoms in total. The van der Waals surface area contributed by atoms with E-state index in [1.807, 2.05) is 11.8 Å². The van der Waals surface area contributed by atoms with E-state index in [9.17, 15) is 9.18 Å². The van der Waals surface area contributed by atoms with E-state index >= 15 is 0 Å². The highest BCUT2D eigenvalue weighted by atomic mass is 19.1. The maximum atomic E-state index is 13.1. The number of aryl methyl sites for hydroxylation is 2. The van der Waals surface area contributed by atoms with Crippen molar-refractivity contribution in [2.75, 3.05) is 18.0 Å². The summed E-state index contributed by atoms with van der Waals surface area (Å²) in [7, 11) is 0. The maximum Gasteiger partial charge on any atom is 0.245 e. The number of carbonyl (C=O) groups is 1. The van der Waals surface area contributed by atoms with E-state index in [2.05, 4.69) is 22.1 Å². The van der Waals surface area contributed by atoms with Crippen molar-refractivity contribution in [1.82, 2.24) is 15.2 Å². The summed E-state index contributed by atoms with van der Waals surface area (Å²) in [6.07, 6.45) is 3.36. The third-order valence-electron chi connectivity index (χ3n) is 4.70. The Balaban J connectivity index is 1.77. The number of benzene rings is 1. The van der Waals surface area contributed by atoms with E-state index in [1.165, 1.54) is 12.1 Å². The zero-order valence-corrected chi connectivity index (χ0v) is 14.7. The number of anilines is 1. The first-order valence-corrected chi connectivity index (χ1v) is 8.89. The molecule has 2 aromatic rings. The maximum absolute atomic E-state index is 13.1. The minimum absolute atomic E-state index is 0.0542. The Labute approximate surface area is 147 Å². The van der Waals surface area contributed by atoms with Gasteiger partial charge < -0.3 is 4.90 Å². The molecule has 0 aliphatic carbocycles. The van der Waals surface area contributed by atoms with E-state index in [0.29, 0.717) is 18.1 Å². The molecule has 132 valence electrons. The lowest BCUT2D eigenvalue weighted by molar-refractivity contribution is 0.0907. The molecule has 0 N–H and O–H groups in total. The second-order valence-corrected chi connectivity index (χ2v) is 6.37. The molecule has 0 amide bonds. The zero-order valence-electron chi connectivity index (χ0n) is 14.7. The fraction of sp³-hybridized carbons (Fsp3) is 0.474. The van der Waals surface area contributed by atoms with Gasteiger partial charge >= 0.3 is 0 Å². The molecule has 0 bridgehead atoms. The molecular formula is C19H23FN4O. The molecule has 2 heterocycles. The SMILES string of the molecule is CCc1nnc(N2CCCC(C(=O)c3ccc(F)cc3)C2)nc1CC. The molecule has 1 saturated heterocycles. The summed E-state index contributed by atoms with van der Waals surface area (Å²) >= 11 is 0. The number of ketones is 1.